The summed E-state index contributed by atoms with van der Waals surface area (Å²) in [5, 5.41) is 3.48. The molecule has 2 aromatic rings. The van der Waals surface area contributed by atoms with Crippen molar-refractivity contribution >= 4 is 45.9 Å². The topological polar surface area (TPSA) is 41.0 Å². The van der Waals surface area contributed by atoms with Crippen molar-refractivity contribution in [3.63, 3.8) is 0 Å². The normalized spacial score (nSPS) is 17.3. The highest BCUT2D eigenvalue weighted by atomic mass is 79.9. The maximum absolute atomic E-state index is 13.1. The summed E-state index contributed by atoms with van der Waals surface area (Å²) in [6, 6.07) is 3.71. The molecule has 1 fully saturated rings. The van der Waals surface area contributed by atoms with E-state index in [1.807, 2.05) is 4.90 Å². The van der Waals surface area contributed by atoms with Gasteiger partial charge in [0.05, 0.1) is 10.0 Å². The maximum atomic E-state index is 13.1. The van der Waals surface area contributed by atoms with Gasteiger partial charge in [0.2, 0.25) is 5.95 Å². The van der Waals surface area contributed by atoms with Crippen LogP contribution in [0, 0.1) is 0 Å². The molecule has 1 aliphatic heterocycles. The van der Waals surface area contributed by atoms with Crippen LogP contribution < -0.4 is 10.2 Å². The van der Waals surface area contributed by atoms with Crippen LogP contribution in [0.4, 0.5) is 19.1 Å². The van der Waals surface area contributed by atoms with Gasteiger partial charge in [-0.1, -0.05) is 11.6 Å². The minimum atomic E-state index is -4.39. The highest BCUT2D eigenvalue weighted by molar-refractivity contribution is 9.10. The molecule has 0 spiro atoms. The molecule has 3 rings (SSSR count). The minimum Gasteiger partial charge on any atom is -0.339 e. The summed E-state index contributed by atoms with van der Waals surface area (Å²) >= 11 is 9.14. The molecule has 1 aromatic carbocycles. The highest BCUT2D eigenvalue weighted by Crippen LogP contribution is 2.33. The van der Waals surface area contributed by atoms with Crippen LogP contribution in [-0.4, -0.2) is 29.1 Å². The average molecular weight is 472 g/mol. The van der Waals surface area contributed by atoms with Crippen molar-refractivity contribution in [2.75, 3.05) is 18.0 Å². The Morgan fingerprint density at radius 2 is 1.96 bits per heavy atom. The number of aromatic nitrogens is 2. The summed E-state index contributed by atoms with van der Waals surface area (Å²) in [6.07, 6.45) is -0.245. The van der Waals surface area contributed by atoms with Gasteiger partial charge in [-0.15, -0.1) is 12.4 Å². The zero-order valence-electron chi connectivity index (χ0n) is 13.4. The smallest absolute Gasteiger partial charge is 0.339 e. The van der Waals surface area contributed by atoms with E-state index in [0.717, 1.165) is 23.5 Å². The minimum absolute atomic E-state index is 0. The van der Waals surface area contributed by atoms with E-state index in [4.69, 9.17) is 11.6 Å². The Morgan fingerprint density at radius 3 is 2.62 bits per heavy atom. The van der Waals surface area contributed by atoms with E-state index in [1.54, 1.807) is 12.4 Å². The molecular formula is C16H16BrCl2F3N4. The second-order valence-electron chi connectivity index (χ2n) is 5.81. The number of hydrogen-bond acceptors (Lipinski definition) is 4. The number of hydrogen-bond donors (Lipinski definition) is 1. The molecule has 142 valence electrons. The molecule has 26 heavy (non-hydrogen) atoms. The van der Waals surface area contributed by atoms with Crippen LogP contribution in [0.1, 0.15) is 17.5 Å². The molecule has 1 aliphatic rings. The molecule has 10 heteroatoms. The van der Waals surface area contributed by atoms with Gasteiger partial charge in [0.15, 0.2) is 0 Å². The fourth-order valence-electron chi connectivity index (χ4n) is 2.82. The Balaban J connectivity index is 0.00000243. The largest absolute Gasteiger partial charge is 0.416 e. The van der Waals surface area contributed by atoms with Crippen molar-refractivity contribution in [2.45, 2.75) is 25.2 Å². The number of rotatable bonds is 4. The van der Waals surface area contributed by atoms with Crippen molar-refractivity contribution in [3.05, 3.63) is 51.2 Å². The Labute approximate surface area is 168 Å². The van der Waals surface area contributed by atoms with Crippen LogP contribution in [0.2, 0.25) is 5.02 Å². The predicted octanol–water partition coefficient (Wildman–Crippen LogP) is 4.70. The molecule has 1 saturated heterocycles. The number of nitrogens with one attached hydrogen (secondary N) is 1. The van der Waals surface area contributed by atoms with Crippen molar-refractivity contribution in [2.24, 2.45) is 0 Å². The molecule has 1 atom stereocenters. The Bertz CT molecular complexity index is 743. The number of benzene rings is 1. The number of nitrogens with zero attached hydrogens (tertiary/aromatic N) is 3. The average Bonchev–Trinajstić information content (AvgIpc) is 3.01. The summed E-state index contributed by atoms with van der Waals surface area (Å²) in [4.78, 5) is 10.5. The van der Waals surface area contributed by atoms with Gasteiger partial charge < -0.3 is 10.2 Å². The number of anilines is 1. The van der Waals surface area contributed by atoms with Gasteiger partial charge in [-0.3, -0.25) is 0 Å². The summed E-state index contributed by atoms with van der Waals surface area (Å²) in [5.74, 6) is 0.617. The van der Waals surface area contributed by atoms with Crippen molar-refractivity contribution < 1.29 is 13.2 Å². The van der Waals surface area contributed by atoms with E-state index < -0.39 is 11.7 Å². The van der Waals surface area contributed by atoms with Crippen molar-refractivity contribution in [1.29, 1.82) is 0 Å². The van der Waals surface area contributed by atoms with Gasteiger partial charge in [0.25, 0.3) is 0 Å². The maximum Gasteiger partial charge on any atom is 0.416 e. The number of alkyl halides is 3. The molecule has 0 saturated carbocycles. The monoisotopic (exact) mass is 470 g/mol. The van der Waals surface area contributed by atoms with E-state index in [0.29, 0.717) is 17.5 Å². The van der Waals surface area contributed by atoms with Gasteiger partial charge >= 0.3 is 6.18 Å². The van der Waals surface area contributed by atoms with Crippen LogP contribution in [0.15, 0.2) is 35.1 Å². The zero-order valence-corrected chi connectivity index (χ0v) is 16.6. The highest BCUT2D eigenvalue weighted by Gasteiger charge is 2.33. The molecule has 0 amide bonds. The summed E-state index contributed by atoms with van der Waals surface area (Å²) in [6.45, 7) is 1.50. The van der Waals surface area contributed by atoms with Crippen LogP contribution in [0.3, 0.4) is 0 Å². The molecule has 4 nitrogen and oxygen atoms in total. The second-order valence-corrected chi connectivity index (χ2v) is 7.17. The molecule has 0 aliphatic carbocycles. The van der Waals surface area contributed by atoms with Crippen LogP contribution in [-0.2, 0) is 12.7 Å². The third kappa shape index (κ3) is 5.22. The summed E-state index contributed by atoms with van der Waals surface area (Å²) < 4.78 is 40.1. The van der Waals surface area contributed by atoms with Gasteiger partial charge in [-0.2, -0.15) is 13.2 Å². The van der Waals surface area contributed by atoms with Crippen molar-refractivity contribution in [3.8, 4) is 0 Å². The van der Waals surface area contributed by atoms with Gasteiger partial charge in [-0.25, -0.2) is 9.97 Å². The van der Waals surface area contributed by atoms with Crippen LogP contribution >= 0.6 is 39.9 Å². The van der Waals surface area contributed by atoms with Crippen LogP contribution in [0.5, 0.6) is 0 Å². The molecule has 1 aromatic heterocycles. The van der Waals surface area contributed by atoms with E-state index in [2.05, 4.69) is 31.2 Å². The number of halogens is 6. The summed E-state index contributed by atoms with van der Waals surface area (Å²) in [5.41, 5.74) is -0.506. The quantitative estimate of drug-likeness (QED) is 0.701. The summed E-state index contributed by atoms with van der Waals surface area (Å²) in [7, 11) is 0. The SMILES string of the molecule is Cl.FC(F)(F)c1ccc(Cl)cc1CN[C@H]1CCN(c2ncc(Br)cn2)C1. The second kappa shape index (κ2) is 8.73. The first-order valence-corrected chi connectivity index (χ1v) is 8.81. The standard InChI is InChI=1S/C16H15BrClF3N4.ClH/c17-11-7-23-15(24-8-11)25-4-3-13(9-25)22-6-10-5-12(18)1-2-14(10)16(19,20)21;/h1-2,5,7-8,13,22H,3-4,6,9H2;1H/t13-;/m0./s1. The van der Waals surface area contributed by atoms with Gasteiger partial charge in [0, 0.05) is 43.1 Å². The van der Waals surface area contributed by atoms with Gasteiger partial charge in [-0.05, 0) is 46.1 Å². The predicted molar refractivity (Wildman–Crippen MR) is 101 cm³/mol. The third-order valence-electron chi connectivity index (χ3n) is 4.03. The van der Waals surface area contributed by atoms with E-state index in [-0.39, 0.29) is 30.6 Å². The first kappa shape index (κ1) is 21.2. The third-order valence-corrected chi connectivity index (χ3v) is 4.68. The lowest BCUT2D eigenvalue weighted by Crippen LogP contribution is -2.33. The van der Waals surface area contributed by atoms with E-state index >= 15 is 0 Å². The molecular weight excluding hydrogens is 456 g/mol. The van der Waals surface area contributed by atoms with Gasteiger partial charge in [0.1, 0.15) is 0 Å². The fraction of sp³-hybridized carbons (Fsp3) is 0.375. The fourth-order valence-corrected chi connectivity index (χ4v) is 3.22. The lowest BCUT2D eigenvalue weighted by Gasteiger charge is -2.18. The first-order chi connectivity index (χ1) is 11.8. The molecule has 0 radical (unpaired) electrons. The van der Waals surface area contributed by atoms with E-state index in [1.165, 1.54) is 12.1 Å². The Hall–Kier alpha value is -1.09. The van der Waals surface area contributed by atoms with E-state index in [9.17, 15) is 13.2 Å². The zero-order chi connectivity index (χ0) is 18.0. The Morgan fingerprint density at radius 1 is 1.27 bits per heavy atom. The Kier molecular flexibility index (Phi) is 7.12. The molecule has 2 heterocycles. The lowest BCUT2D eigenvalue weighted by atomic mass is 10.1. The first-order valence-electron chi connectivity index (χ1n) is 7.64. The van der Waals surface area contributed by atoms with Crippen molar-refractivity contribution in [1.82, 2.24) is 15.3 Å². The van der Waals surface area contributed by atoms with Crippen LogP contribution in [0.25, 0.3) is 0 Å². The molecule has 0 bridgehead atoms. The molecule has 0 unspecified atom stereocenters. The molecule has 1 N–H and O–H groups in total. The lowest BCUT2D eigenvalue weighted by molar-refractivity contribution is -0.138.